The van der Waals surface area contributed by atoms with E-state index in [2.05, 4.69) is 0 Å². The van der Waals surface area contributed by atoms with Gasteiger partial charge in [-0.3, -0.25) is 0 Å². The molecule has 0 amide bonds. The summed E-state index contributed by atoms with van der Waals surface area (Å²) in [7, 11) is -4.64. The molecule has 0 spiro atoms. The summed E-state index contributed by atoms with van der Waals surface area (Å²) in [5.74, 6) is 0. The number of hydrogen-bond acceptors (Lipinski definition) is 1. The van der Waals surface area contributed by atoms with Gasteiger partial charge in [-0.05, 0) is 0 Å². The average Bonchev–Trinajstić information content (AvgIpc) is 0.722. The van der Waals surface area contributed by atoms with Gasteiger partial charge in [-0.25, -0.2) is 4.57 Å². The van der Waals surface area contributed by atoms with Crippen molar-refractivity contribution in [3.8, 4) is 0 Å². The topological polar surface area (TPSA) is 77.8 Å². The van der Waals surface area contributed by atoms with Gasteiger partial charge >= 0.3 is 37.4 Å². The molecule has 7 heavy (non-hydrogen) atoms. The van der Waals surface area contributed by atoms with Crippen LogP contribution in [0.5, 0.6) is 0 Å². The SMILES string of the molecule is O=P(O)(O)O.[Co].[H-].[Na+]. The van der Waals surface area contributed by atoms with Gasteiger partial charge in [-0.1, -0.05) is 0 Å². The van der Waals surface area contributed by atoms with Crippen LogP contribution in [0, 0.1) is 0 Å². The maximum absolute atomic E-state index is 8.88. The summed E-state index contributed by atoms with van der Waals surface area (Å²) in [5, 5.41) is 0. The number of hydrogen-bond donors (Lipinski definition) is 3. The van der Waals surface area contributed by atoms with Crippen molar-refractivity contribution in [2.45, 2.75) is 0 Å². The third-order valence-corrected chi connectivity index (χ3v) is 0. The molecule has 0 aromatic carbocycles. The summed E-state index contributed by atoms with van der Waals surface area (Å²) in [5.41, 5.74) is 0. The van der Waals surface area contributed by atoms with Gasteiger partial charge in [-0.15, -0.1) is 0 Å². The number of rotatable bonds is 0. The van der Waals surface area contributed by atoms with Gasteiger partial charge in [-0.2, -0.15) is 0 Å². The fourth-order valence-corrected chi connectivity index (χ4v) is 0. The summed E-state index contributed by atoms with van der Waals surface area (Å²) >= 11 is 0. The minimum absolute atomic E-state index is 0. The molecule has 3 N–H and O–H groups in total. The summed E-state index contributed by atoms with van der Waals surface area (Å²) in [4.78, 5) is 21.6. The molecule has 0 aliphatic carbocycles. The first kappa shape index (κ1) is 15.8. The van der Waals surface area contributed by atoms with Crippen molar-refractivity contribution in [3.63, 3.8) is 0 Å². The van der Waals surface area contributed by atoms with Crippen LogP contribution in [-0.2, 0) is 21.3 Å². The third-order valence-electron chi connectivity index (χ3n) is 0. The predicted molar refractivity (Wildman–Crippen MR) is 15.4 cm³/mol. The quantitative estimate of drug-likeness (QED) is 0.264. The van der Waals surface area contributed by atoms with E-state index in [0.717, 1.165) is 0 Å². The van der Waals surface area contributed by atoms with Gasteiger partial charge < -0.3 is 16.1 Å². The van der Waals surface area contributed by atoms with Gasteiger partial charge in [0.25, 0.3) is 0 Å². The molecule has 0 saturated heterocycles. The van der Waals surface area contributed by atoms with E-state index in [4.69, 9.17) is 19.2 Å². The van der Waals surface area contributed by atoms with E-state index in [0.29, 0.717) is 0 Å². The van der Waals surface area contributed by atoms with Crippen LogP contribution in [0.2, 0.25) is 0 Å². The average molecular weight is 181 g/mol. The maximum Gasteiger partial charge on any atom is 1.00 e. The second-order valence-corrected chi connectivity index (χ2v) is 1.54. The predicted octanol–water partition coefficient (Wildman–Crippen LogP) is -3.81. The first-order valence-corrected chi connectivity index (χ1v) is 2.35. The fraction of sp³-hybridized carbons (Fsp3) is 0. The summed E-state index contributed by atoms with van der Waals surface area (Å²) < 4.78 is 8.88. The Kier molecular flexibility index (Phi) is 13.0. The molecule has 0 bridgehead atoms. The molecular formula is H4CoNaO4P. The first-order valence-electron chi connectivity index (χ1n) is 0.783. The third kappa shape index (κ3) is 91.9. The van der Waals surface area contributed by atoms with E-state index in [9.17, 15) is 0 Å². The van der Waals surface area contributed by atoms with Crippen molar-refractivity contribution in [3.05, 3.63) is 0 Å². The van der Waals surface area contributed by atoms with E-state index in [1.165, 1.54) is 0 Å². The maximum atomic E-state index is 8.88. The van der Waals surface area contributed by atoms with Gasteiger partial charge in [0.2, 0.25) is 0 Å². The molecule has 0 aliphatic rings. The molecule has 0 atom stereocenters. The van der Waals surface area contributed by atoms with Crippen molar-refractivity contribution in [2.24, 2.45) is 0 Å². The molecule has 43 valence electrons. The standard InChI is InChI=1S/Co.Na.H3O4P.H/c;;1-5(2,3)4;/h;;(H3,1,2,3,4);/q;+1;;-1. The van der Waals surface area contributed by atoms with E-state index in [1.54, 1.807) is 0 Å². The smallest absolute Gasteiger partial charge is 1.00 e. The molecule has 0 unspecified atom stereocenters. The van der Waals surface area contributed by atoms with Crippen molar-refractivity contribution in [1.82, 2.24) is 0 Å². The van der Waals surface area contributed by atoms with E-state index in [-0.39, 0.29) is 47.8 Å². The molecule has 0 aromatic heterocycles. The largest absolute Gasteiger partial charge is 1.00 e. The van der Waals surface area contributed by atoms with Crippen LogP contribution in [0.1, 0.15) is 1.43 Å². The molecule has 0 aromatic rings. The second kappa shape index (κ2) is 5.75. The van der Waals surface area contributed by atoms with E-state index in [1.807, 2.05) is 0 Å². The molecule has 0 rings (SSSR count). The summed E-state index contributed by atoms with van der Waals surface area (Å²) in [6, 6.07) is 0. The second-order valence-electron chi connectivity index (χ2n) is 0.513. The minimum Gasteiger partial charge on any atom is -1.00 e. The van der Waals surface area contributed by atoms with Crippen LogP contribution >= 0.6 is 7.82 Å². The zero-order valence-corrected chi connectivity index (χ0v) is 7.47. The fourth-order valence-electron chi connectivity index (χ4n) is 0. The Hall–Kier alpha value is 1.62. The van der Waals surface area contributed by atoms with Crippen LogP contribution in [0.4, 0.5) is 0 Å². The van der Waals surface area contributed by atoms with Crippen molar-refractivity contribution in [2.75, 3.05) is 0 Å². The molecule has 0 heterocycles. The molecule has 4 nitrogen and oxygen atoms in total. The Bertz CT molecular complexity index is 62.2. The monoisotopic (exact) mass is 181 g/mol. The minimum atomic E-state index is -4.64. The molecule has 0 saturated carbocycles. The van der Waals surface area contributed by atoms with Gasteiger partial charge in [0, 0.05) is 16.8 Å². The molecule has 7 heteroatoms. The Balaban J connectivity index is -0.0000000267. The zero-order valence-electron chi connectivity index (χ0n) is 4.53. The van der Waals surface area contributed by atoms with E-state index >= 15 is 0 Å². The van der Waals surface area contributed by atoms with E-state index < -0.39 is 7.82 Å². The van der Waals surface area contributed by atoms with Gasteiger partial charge in [0.15, 0.2) is 0 Å². The Morgan fingerprint density at radius 1 is 1.29 bits per heavy atom. The van der Waals surface area contributed by atoms with Gasteiger partial charge in [0.05, 0.1) is 0 Å². The van der Waals surface area contributed by atoms with Gasteiger partial charge in [0.1, 0.15) is 0 Å². The summed E-state index contributed by atoms with van der Waals surface area (Å²) in [6.45, 7) is 0. The Labute approximate surface area is 74.5 Å². The summed E-state index contributed by atoms with van der Waals surface area (Å²) in [6.07, 6.45) is 0. The normalized spacial score (nSPS) is 8.43. The Morgan fingerprint density at radius 3 is 1.29 bits per heavy atom. The molecule has 1 radical (unpaired) electrons. The van der Waals surface area contributed by atoms with Crippen molar-refractivity contribution in [1.29, 1.82) is 0 Å². The van der Waals surface area contributed by atoms with Crippen LogP contribution < -0.4 is 29.6 Å². The van der Waals surface area contributed by atoms with Crippen molar-refractivity contribution < 1.29 is 67.0 Å². The molecular weight excluding hydrogens is 177 g/mol. The molecule has 0 aliphatic heterocycles. The Morgan fingerprint density at radius 2 is 1.29 bits per heavy atom. The zero-order chi connectivity index (χ0) is 4.50. The first-order chi connectivity index (χ1) is 2.00. The number of phosphoric acid groups is 1. The molecule has 0 fully saturated rings. The van der Waals surface area contributed by atoms with Crippen LogP contribution in [0.15, 0.2) is 0 Å². The van der Waals surface area contributed by atoms with Crippen LogP contribution in [-0.4, -0.2) is 14.7 Å². The van der Waals surface area contributed by atoms with Crippen molar-refractivity contribution >= 4 is 7.82 Å². The van der Waals surface area contributed by atoms with Crippen LogP contribution in [0.25, 0.3) is 0 Å². The van der Waals surface area contributed by atoms with Crippen LogP contribution in [0.3, 0.4) is 0 Å².